The highest BCUT2D eigenvalue weighted by Crippen LogP contribution is 2.25. The molecule has 300 valence electrons. The standard InChI is InChI=1S/C25H27N5O4.C16H24N2O3.ClH/c1-26-24(31)23-16-22(12-15-28-23)34-20-8-4-18(5-9-20)30-25(32)29-17-2-6-19(7-3-17)33-21-10-13-27-14-11-21;1-16(2,3)21-15(19)18-10-8-14(9-11-18)20-13-6-4-12(17)5-7-13;/h2-9,12,15-16,21,27H,10-11,13-14H2,1H3,(H,26,31)(H2,29,30,32);4-7,14H,8-11,17H2,1-3H3;1H. The van der Waals surface area contributed by atoms with Crippen molar-refractivity contribution in [3.8, 4) is 23.0 Å². The summed E-state index contributed by atoms with van der Waals surface area (Å²) in [6.45, 7) is 8.90. The third-order valence-corrected chi connectivity index (χ3v) is 8.52. The number of pyridine rings is 1. The van der Waals surface area contributed by atoms with E-state index in [9.17, 15) is 14.4 Å². The van der Waals surface area contributed by atoms with Crippen LogP contribution in [-0.4, -0.2) is 79.0 Å². The lowest BCUT2D eigenvalue weighted by molar-refractivity contribution is 0.0126. The largest absolute Gasteiger partial charge is 0.490 e. The molecular weight excluding hydrogens is 738 g/mol. The highest BCUT2D eigenvalue weighted by Gasteiger charge is 2.27. The Morgan fingerprint density at radius 3 is 1.80 bits per heavy atom. The van der Waals surface area contributed by atoms with Crippen LogP contribution in [0, 0.1) is 0 Å². The Kier molecular flexibility index (Phi) is 16.0. The predicted molar refractivity (Wildman–Crippen MR) is 219 cm³/mol. The number of piperidine rings is 2. The van der Waals surface area contributed by atoms with E-state index >= 15 is 0 Å². The first-order chi connectivity index (χ1) is 26.4. The van der Waals surface area contributed by atoms with Crippen LogP contribution in [-0.2, 0) is 4.74 Å². The fraction of sp³-hybridized carbons (Fsp3) is 0.366. The molecule has 1 aromatic heterocycles. The SMILES string of the molecule is CC(C)(C)OC(=O)N1CCC(Oc2ccc(N)cc2)CC1.CNC(=O)c1cc(Oc2ccc(NC(=O)Nc3ccc(OC4CCNCC4)cc3)cc2)ccn1.Cl. The molecule has 3 heterocycles. The van der Waals surface area contributed by atoms with Crippen LogP contribution in [0.2, 0.25) is 0 Å². The normalized spacial score (nSPS) is 14.5. The molecule has 2 aliphatic rings. The maximum atomic E-state index is 12.4. The van der Waals surface area contributed by atoms with E-state index in [1.165, 1.54) is 6.20 Å². The monoisotopic (exact) mass is 789 g/mol. The number of nitrogen functional groups attached to an aromatic ring is 1. The summed E-state index contributed by atoms with van der Waals surface area (Å²) in [4.78, 5) is 41.8. The van der Waals surface area contributed by atoms with Gasteiger partial charge in [0.2, 0.25) is 0 Å². The lowest BCUT2D eigenvalue weighted by Gasteiger charge is -2.33. The number of urea groups is 1. The van der Waals surface area contributed by atoms with Gasteiger partial charge in [-0.3, -0.25) is 9.78 Å². The number of carbonyl (C=O) groups excluding carboxylic acids is 3. The predicted octanol–water partition coefficient (Wildman–Crippen LogP) is 7.48. The van der Waals surface area contributed by atoms with Crippen LogP contribution in [0.4, 0.5) is 26.7 Å². The Hall–Kier alpha value is -5.73. The topological polar surface area (TPSA) is 178 Å². The number of nitrogens with zero attached hydrogens (tertiary/aromatic N) is 2. The van der Waals surface area contributed by atoms with E-state index in [2.05, 4.69) is 26.3 Å². The number of anilines is 3. The van der Waals surface area contributed by atoms with Crippen molar-refractivity contribution >= 4 is 47.5 Å². The molecule has 4 aromatic rings. The second-order valence-electron chi connectivity index (χ2n) is 14.1. The summed E-state index contributed by atoms with van der Waals surface area (Å²) < 4.78 is 23.0. The Labute approximate surface area is 334 Å². The number of ether oxygens (including phenoxy) is 4. The number of hydrogen-bond donors (Lipinski definition) is 5. The highest BCUT2D eigenvalue weighted by molar-refractivity contribution is 5.99. The van der Waals surface area contributed by atoms with Gasteiger partial charge in [0.05, 0.1) is 0 Å². The molecule has 0 radical (unpaired) electrons. The van der Waals surface area contributed by atoms with Crippen molar-refractivity contribution in [1.82, 2.24) is 20.5 Å². The third kappa shape index (κ3) is 14.2. The van der Waals surface area contributed by atoms with Crippen molar-refractivity contribution in [2.45, 2.75) is 64.3 Å². The summed E-state index contributed by atoms with van der Waals surface area (Å²) in [6, 6.07) is 24.5. The minimum atomic E-state index is -0.450. The Morgan fingerprint density at radius 1 is 0.750 bits per heavy atom. The van der Waals surface area contributed by atoms with Gasteiger partial charge in [-0.2, -0.15) is 0 Å². The zero-order valence-electron chi connectivity index (χ0n) is 32.2. The summed E-state index contributed by atoms with van der Waals surface area (Å²) >= 11 is 0. The molecule has 2 aliphatic heterocycles. The van der Waals surface area contributed by atoms with E-state index in [0.717, 1.165) is 56.0 Å². The fourth-order valence-corrected chi connectivity index (χ4v) is 5.71. The third-order valence-electron chi connectivity index (χ3n) is 8.52. The quantitative estimate of drug-likeness (QED) is 0.107. The molecule has 2 fully saturated rings. The van der Waals surface area contributed by atoms with E-state index < -0.39 is 5.60 Å². The zero-order valence-corrected chi connectivity index (χ0v) is 33.0. The van der Waals surface area contributed by atoms with Crippen LogP contribution < -0.4 is 41.2 Å². The van der Waals surface area contributed by atoms with E-state index in [1.54, 1.807) is 48.3 Å². The summed E-state index contributed by atoms with van der Waals surface area (Å²) in [6.07, 6.45) is 5.23. The first-order valence-corrected chi connectivity index (χ1v) is 18.4. The number of nitrogens with two attached hydrogens (primary N) is 1. The Morgan fingerprint density at radius 2 is 1.27 bits per heavy atom. The molecule has 0 bridgehead atoms. The summed E-state index contributed by atoms with van der Waals surface area (Å²) in [7, 11) is 1.54. The van der Waals surface area contributed by atoms with Gasteiger partial charge in [-0.25, -0.2) is 9.59 Å². The molecule has 0 spiro atoms. The molecular formula is C41H52ClN7O7. The van der Waals surface area contributed by atoms with Crippen LogP contribution in [0.25, 0.3) is 0 Å². The first kappa shape index (κ1) is 43.0. The highest BCUT2D eigenvalue weighted by atomic mass is 35.5. The molecule has 15 heteroatoms. The minimum absolute atomic E-state index is 0. The molecule has 0 aliphatic carbocycles. The average Bonchev–Trinajstić information content (AvgIpc) is 3.17. The van der Waals surface area contributed by atoms with Crippen LogP contribution in [0.5, 0.6) is 23.0 Å². The number of amides is 4. The number of aromatic nitrogens is 1. The summed E-state index contributed by atoms with van der Waals surface area (Å²) in [5.74, 6) is 2.37. The van der Waals surface area contributed by atoms with Crippen LogP contribution in [0.15, 0.2) is 91.1 Å². The number of hydrogen-bond acceptors (Lipinski definition) is 10. The van der Waals surface area contributed by atoms with Gasteiger partial charge in [0.1, 0.15) is 46.5 Å². The van der Waals surface area contributed by atoms with Gasteiger partial charge in [-0.15, -0.1) is 12.4 Å². The fourth-order valence-electron chi connectivity index (χ4n) is 5.71. The summed E-state index contributed by atoms with van der Waals surface area (Å²) in [5, 5.41) is 11.4. The molecule has 6 N–H and O–H groups in total. The van der Waals surface area contributed by atoms with Crippen molar-refractivity contribution in [2.24, 2.45) is 0 Å². The second kappa shape index (κ2) is 20.8. The van der Waals surface area contributed by atoms with Crippen molar-refractivity contribution in [3.05, 3.63) is 96.8 Å². The average molecular weight is 790 g/mol. The van der Waals surface area contributed by atoms with Crippen molar-refractivity contribution in [1.29, 1.82) is 0 Å². The molecule has 2 saturated heterocycles. The molecule has 0 atom stereocenters. The van der Waals surface area contributed by atoms with Gasteiger partial charge in [0.25, 0.3) is 5.91 Å². The smallest absolute Gasteiger partial charge is 0.410 e. The Balaban J connectivity index is 0.000000273. The first-order valence-electron chi connectivity index (χ1n) is 18.4. The number of likely N-dealkylation sites (tertiary alicyclic amines) is 1. The number of halogens is 1. The van der Waals surface area contributed by atoms with Gasteiger partial charge >= 0.3 is 12.1 Å². The van der Waals surface area contributed by atoms with Crippen molar-refractivity contribution in [2.75, 3.05) is 49.6 Å². The Bertz CT molecular complexity index is 1840. The molecule has 3 aromatic carbocycles. The van der Waals surface area contributed by atoms with Crippen LogP contribution >= 0.6 is 12.4 Å². The molecule has 6 rings (SSSR count). The van der Waals surface area contributed by atoms with Gasteiger partial charge < -0.3 is 50.8 Å². The lowest BCUT2D eigenvalue weighted by Crippen LogP contribution is -2.44. The van der Waals surface area contributed by atoms with Crippen molar-refractivity contribution < 1.29 is 33.3 Å². The molecule has 56 heavy (non-hydrogen) atoms. The maximum Gasteiger partial charge on any atom is 0.410 e. The van der Waals surface area contributed by atoms with E-state index in [1.807, 2.05) is 69.3 Å². The number of carbonyl (C=O) groups is 3. The molecule has 0 saturated carbocycles. The van der Waals surface area contributed by atoms with Gasteiger partial charge in [-0.1, -0.05) is 0 Å². The number of nitrogens with one attached hydrogen (secondary N) is 4. The number of rotatable bonds is 9. The molecule has 0 unspecified atom stereocenters. The lowest BCUT2D eigenvalue weighted by atomic mass is 10.1. The van der Waals surface area contributed by atoms with E-state index in [4.69, 9.17) is 24.7 Å². The molecule has 4 amide bonds. The minimum Gasteiger partial charge on any atom is -0.490 e. The van der Waals surface area contributed by atoms with E-state index in [-0.39, 0.29) is 48.3 Å². The van der Waals surface area contributed by atoms with Gasteiger partial charge in [0, 0.05) is 62.3 Å². The van der Waals surface area contributed by atoms with Crippen LogP contribution in [0.3, 0.4) is 0 Å². The van der Waals surface area contributed by atoms with E-state index in [0.29, 0.717) is 36.0 Å². The van der Waals surface area contributed by atoms with Crippen molar-refractivity contribution in [3.63, 3.8) is 0 Å². The van der Waals surface area contributed by atoms with Gasteiger partial charge in [-0.05, 0) is 126 Å². The number of benzene rings is 3. The molecule has 14 nitrogen and oxygen atoms in total. The zero-order chi connectivity index (χ0) is 39.2. The van der Waals surface area contributed by atoms with Crippen LogP contribution in [0.1, 0.15) is 56.9 Å². The summed E-state index contributed by atoms with van der Waals surface area (Å²) in [5.41, 5.74) is 7.46. The second-order valence-corrected chi connectivity index (χ2v) is 14.1. The van der Waals surface area contributed by atoms with Gasteiger partial charge in [0.15, 0.2) is 0 Å². The maximum absolute atomic E-state index is 12.4.